The zero-order valence-electron chi connectivity index (χ0n) is 17.0. The molecule has 0 aliphatic heterocycles. The Hall–Kier alpha value is -2.58. The Bertz CT molecular complexity index is 889. The molecule has 0 fully saturated rings. The number of unbranched alkanes of at least 4 members (excludes halogenated alkanes) is 3. The SMILES string of the molecule is CCCCCCNS(=O)(=O)c1ccc(NC(=O)c2cc(OC)cc(OC)c2)cc1. The van der Waals surface area contributed by atoms with Crippen molar-refractivity contribution in [3.8, 4) is 11.5 Å². The van der Waals surface area contributed by atoms with Gasteiger partial charge in [0, 0.05) is 23.9 Å². The molecule has 0 heterocycles. The van der Waals surface area contributed by atoms with E-state index in [4.69, 9.17) is 9.47 Å². The Kier molecular flexibility index (Phi) is 8.48. The first-order valence-corrected chi connectivity index (χ1v) is 11.0. The van der Waals surface area contributed by atoms with E-state index >= 15 is 0 Å². The van der Waals surface area contributed by atoms with Crippen LogP contribution in [0.1, 0.15) is 43.0 Å². The predicted octanol–water partition coefficient (Wildman–Crippen LogP) is 3.81. The molecule has 2 aromatic carbocycles. The summed E-state index contributed by atoms with van der Waals surface area (Å²) in [4.78, 5) is 12.7. The molecule has 0 aliphatic rings. The van der Waals surface area contributed by atoms with Crippen molar-refractivity contribution in [2.45, 2.75) is 37.5 Å². The third kappa shape index (κ3) is 6.76. The fourth-order valence-corrected chi connectivity index (χ4v) is 3.77. The molecule has 0 saturated carbocycles. The summed E-state index contributed by atoms with van der Waals surface area (Å²) in [7, 11) is -0.544. The van der Waals surface area contributed by atoms with E-state index in [9.17, 15) is 13.2 Å². The average molecular weight is 421 g/mol. The molecule has 29 heavy (non-hydrogen) atoms. The van der Waals surface area contributed by atoms with Gasteiger partial charge in [-0.25, -0.2) is 13.1 Å². The lowest BCUT2D eigenvalue weighted by Crippen LogP contribution is -2.24. The van der Waals surface area contributed by atoms with Crippen LogP contribution in [-0.4, -0.2) is 35.1 Å². The molecule has 0 aliphatic carbocycles. The minimum Gasteiger partial charge on any atom is -0.497 e. The Morgan fingerprint density at radius 2 is 1.55 bits per heavy atom. The standard InChI is InChI=1S/C21H28N2O5S/c1-4-5-6-7-12-22-29(25,26)20-10-8-17(9-11-20)23-21(24)16-13-18(27-2)15-19(14-16)28-3/h8-11,13-15,22H,4-7,12H2,1-3H3,(H,23,24). The van der Waals surface area contributed by atoms with Crippen molar-refractivity contribution in [3.05, 3.63) is 48.0 Å². The fourth-order valence-electron chi connectivity index (χ4n) is 2.70. The lowest BCUT2D eigenvalue weighted by atomic mass is 10.2. The van der Waals surface area contributed by atoms with Gasteiger partial charge < -0.3 is 14.8 Å². The van der Waals surface area contributed by atoms with Gasteiger partial charge in [-0.15, -0.1) is 0 Å². The van der Waals surface area contributed by atoms with Crippen molar-refractivity contribution in [3.63, 3.8) is 0 Å². The summed E-state index contributed by atoms with van der Waals surface area (Å²) >= 11 is 0. The van der Waals surface area contributed by atoms with Crippen molar-refractivity contribution in [2.24, 2.45) is 0 Å². The van der Waals surface area contributed by atoms with Crippen LogP contribution in [0.3, 0.4) is 0 Å². The lowest BCUT2D eigenvalue weighted by molar-refractivity contribution is 0.102. The van der Waals surface area contributed by atoms with Gasteiger partial charge in [0.2, 0.25) is 10.0 Å². The van der Waals surface area contributed by atoms with E-state index < -0.39 is 10.0 Å². The number of anilines is 1. The minimum atomic E-state index is -3.56. The number of benzene rings is 2. The molecule has 7 nitrogen and oxygen atoms in total. The summed E-state index contributed by atoms with van der Waals surface area (Å²) in [5.41, 5.74) is 0.852. The quantitative estimate of drug-likeness (QED) is 0.539. The summed E-state index contributed by atoms with van der Waals surface area (Å²) in [6.07, 6.45) is 4.00. The summed E-state index contributed by atoms with van der Waals surface area (Å²) in [5, 5.41) is 2.74. The van der Waals surface area contributed by atoms with Crippen molar-refractivity contribution in [1.82, 2.24) is 4.72 Å². The number of nitrogens with one attached hydrogen (secondary N) is 2. The van der Waals surface area contributed by atoms with Gasteiger partial charge in [0.05, 0.1) is 19.1 Å². The van der Waals surface area contributed by atoms with E-state index in [-0.39, 0.29) is 10.8 Å². The number of ether oxygens (including phenoxy) is 2. The second kappa shape index (κ2) is 10.8. The first-order valence-electron chi connectivity index (χ1n) is 9.53. The molecule has 158 valence electrons. The number of amides is 1. The van der Waals surface area contributed by atoms with Gasteiger partial charge in [-0.1, -0.05) is 26.2 Å². The van der Waals surface area contributed by atoms with E-state index in [2.05, 4.69) is 17.0 Å². The van der Waals surface area contributed by atoms with Crippen LogP contribution in [0.4, 0.5) is 5.69 Å². The number of methoxy groups -OCH3 is 2. The number of carbonyl (C=O) groups is 1. The number of sulfonamides is 1. The van der Waals surface area contributed by atoms with Crippen LogP contribution in [0.25, 0.3) is 0 Å². The Morgan fingerprint density at radius 3 is 2.10 bits per heavy atom. The molecule has 0 aromatic heterocycles. The second-order valence-electron chi connectivity index (χ2n) is 6.54. The molecule has 8 heteroatoms. The first-order chi connectivity index (χ1) is 13.9. The molecule has 2 rings (SSSR count). The molecule has 0 bridgehead atoms. The number of carbonyl (C=O) groups excluding carboxylic acids is 1. The molecule has 0 radical (unpaired) electrons. The van der Waals surface area contributed by atoms with Crippen LogP contribution in [0, 0.1) is 0 Å². The van der Waals surface area contributed by atoms with E-state index in [0.29, 0.717) is 29.3 Å². The predicted molar refractivity (Wildman–Crippen MR) is 113 cm³/mol. The van der Waals surface area contributed by atoms with Crippen LogP contribution < -0.4 is 19.5 Å². The Balaban J connectivity index is 2.02. The molecular weight excluding hydrogens is 392 g/mol. The summed E-state index contributed by atoms with van der Waals surface area (Å²) in [5.74, 6) is 0.647. The second-order valence-corrected chi connectivity index (χ2v) is 8.31. The van der Waals surface area contributed by atoms with E-state index in [1.807, 2.05) is 0 Å². The molecule has 0 atom stereocenters. The maximum absolute atomic E-state index is 12.5. The monoisotopic (exact) mass is 420 g/mol. The maximum atomic E-state index is 12.5. The van der Waals surface area contributed by atoms with Gasteiger partial charge >= 0.3 is 0 Å². The highest BCUT2D eigenvalue weighted by molar-refractivity contribution is 7.89. The third-order valence-electron chi connectivity index (χ3n) is 4.36. The Morgan fingerprint density at radius 1 is 0.931 bits per heavy atom. The summed E-state index contributed by atoms with van der Waals surface area (Å²) in [6.45, 7) is 2.52. The molecule has 0 saturated heterocycles. The molecule has 2 N–H and O–H groups in total. The van der Waals surface area contributed by atoms with Gasteiger partial charge in [0.15, 0.2) is 0 Å². The van der Waals surface area contributed by atoms with Crippen molar-refractivity contribution < 1.29 is 22.7 Å². The van der Waals surface area contributed by atoms with E-state index in [0.717, 1.165) is 25.7 Å². The minimum absolute atomic E-state index is 0.161. The van der Waals surface area contributed by atoms with Gasteiger partial charge in [-0.2, -0.15) is 0 Å². The first kappa shape index (κ1) is 22.7. The lowest BCUT2D eigenvalue weighted by Gasteiger charge is -2.10. The van der Waals surface area contributed by atoms with Crippen LogP contribution in [0.5, 0.6) is 11.5 Å². The summed E-state index contributed by atoms with van der Waals surface area (Å²) in [6, 6.07) is 10.9. The maximum Gasteiger partial charge on any atom is 0.255 e. The number of hydrogen-bond donors (Lipinski definition) is 2. The molecular formula is C21H28N2O5S. The van der Waals surface area contributed by atoms with Crippen LogP contribution in [0.2, 0.25) is 0 Å². The van der Waals surface area contributed by atoms with Crippen molar-refractivity contribution >= 4 is 21.6 Å². The molecule has 1 amide bonds. The largest absolute Gasteiger partial charge is 0.497 e. The highest BCUT2D eigenvalue weighted by Gasteiger charge is 2.14. The van der Waals surface area contributed by atoms with E-state index in [1.54, 1.807) is 30.3 Å². The Labute approximate surface area is 172 Å². The number of hydrogen-bond acceptors (Lipinski definition) is 5. The molecule has 2 aromatic rings. The van der Waals surface area contributed by atoms with Crippen LogP contribution >= 0.6 is 0 Å². The van der Waals surface area contributed by atoms with Gasteiger partial charge in [-0.3, -0.25) is 4.79 Å². The number of rotatable bonds is 11. The third-order valence-corrected chi connectivity index (χ3v) is 5.84. The van der Waals surface area contributed by atoms with Crippen LogP contribution in [0.15, 0.2) is 47.4 Å². The van der Waals surface area contributed by atoms with Crippen molar-refractivity contribution in [1.29, 1.82) is 0 Å². The van der Waals surface area contributed by atoms with E-state index in [1.165, 1.54) is 26.4 Å². The van der Waals surface area contributed by atoms with Gasteiger partial charge in [0.25, 0.3) is 5.91 Å². The molecule has 0 unspecified atom stereocenters. The average Bonchev–Trinajstić information content (AvgIpc) is 2.73. The van der Waals surface area contributed by atoms with Crippen LogP contribution in [-0.2, 0) is 10.0 Å². The summed E-state index contributed by atoms with van der Waals surface area (Å²) < 4.78 is 37.6. The zero-order valence-corrected chi connectivity index (χ0v) is 17.8. The smallest absolute Gasteiger partial charge is 0.255 e. The van der Waals surface area contributed by atoms with Gasteiger partial charge in [-0.05, 0) is 42.8 Å². The topological polar surface area (TPSA) is 93.7 Å². The fraction of sp³-hybridized carbons (Fsp3) is 0.381. The normalized spacial score (nSPS) is 11.1. The highest BCUT2D eigenvalue weighted by Crippen LogP contribution is 2.23. The molecule has 0 spiro atoms. The van der Waals surface area contributed by atoms with Crippen molar-refractivity contribution in [2.75, 3.05) is 26.1 Å². The highest BCUT2D eigenvalue weighted by atomic mass is 32.2. The zero-order chi connectivity index (χ0) is 21.3. The van der Waals surface area contributed by atoms with Gasteiger partial charge in [0.1, 0.15) is 11.5 Å².